The minimum absolute atomic E-state index is 0.562. The number of isocyanates is 1. The number of hydrogen-bond donors (Lipinski definition) is 0. The number of hydrogen-bond acceptors (Lipinski definition) is 4. The fourth-order valence-corrected chi connectivity index (χ4v) is 1.95. The molecule has 0 aliphatic carbocycles. The van der Waals surface area contributed by atoms with Crippen LogP contribution in [0.1, 0.15) is 5.56 Å². The van der Waals surface area contributed by atoms with E-state index in [1.807, 2.05) is 43.3 Å². The van der Waals surface area contributed by atoms with Crippen LogP contribution in [0.5, 0.6) is 0 Å². The van der Waals surface area contributed by atoms with Crippen molar-refractivity contribution < 1.29 is 4.79 Å². The molecule has 102 valence electrons. The Balaban J connectivity index is 1.90. The second-order valence-electron chi connectivity index (χ2n) is 4.60. The van der Waals surface area contributed by atoms with Gasteiger partial charge >= 0.3 is 0 Å². The van der Waals surface area contributed by atoms with Gasteiger partial charge in [-0.25, -0.2) is 14.5 Å². The minimum Gasteiger partial charge on any atom is -0.220 e. The fourth-order valence-electron chi connectivity index (χ4n) is 1.95. The summed E-state index contributed by atoms with van der Waals surface area (Å²) in [6.07, 6.45) is 3.19. The van der Waals surface area contributed by atoms with Gasteiger partial charge in [0.05, 0.1) is 11.4 Å². The van der Waals surface area contributed by atoms with Crippen molar-refractivity contribution >= 4 is 11.8 Å². The van der Waals surface area contributed by atoms with Gasteiger partial charge in [0.1, 0.15) is 6.33 Å². The molecule has 0 amide bonds. The summed E-state index contributed by atoms with van der Waals surface area (Å²) in [6.45, 7) is 2.04. The molecule has 0 saturated heterocycles. The summed E-state index contributed by atoms with van der Waals surface area (Å²) < 4.78 is 1.73. The van der Waals surface area contributed by atoms with E-state index in [0.29, 0.717) is 11.5 Å². The van der Waals surface area contributed by atoms with Crippen molar-refractivity contribution in [3.8, 4) is 17.1 Å². The Morgan fingerprint density at radius 3 is 2.43 bits per heavy atom. The Morgan fingerprint density at radius 2 is 1.76 bits per heavy atom. The first-order valence-electron chi connectivity index (χ1n) is 6.43. The lowest BCUT2D eigenvalue weighted by molar-refractivity contribution is 0.565. The first kappa shape index (κ1) is 13.0. The number of aromatic nitrogens is 3. The lowest BCUT2D eigenvalue weighted by Crippen LogP contribution is -1.94. The van der Waals surface area contributed by atoms with Crippen LogP contribution in [0.25, 0.3) is 17.1 Å². The molecule has 0 spiro atoms. The first-order valence-corrected chi connectivity index (χ1v) is 6.43. The van der Waals surface area contributed by atoms with Crippen molar-refractivity contribution in [2.24, 2.45) is 4.99 Å². The van der Waals surface area contributed by atoms with Crippen LogP contribution >= 0.6 is 0 Å². The van der Waals surface area contributed by atoms with Gasteiger partial charge < -0.3 is 0 Å². The molecule has 0 aliphatic heterocycles. The average Bonchev–Trinajstić information content (AvgIpc) is 2.99. The first-order chi connectivity index (χ1) is 10.3. The molecule has 2 aromatic carbocycles. The standard InChI is InChI=1S/C16H12N4O/c1-12-2-8-15(9-3-12)20-10-17-16(19-20)13-4-6-14(7-5-13)18-11-21/h2-10H,1H3. The fraction of sp³-hybridized carbons (Fsp3) is 0.0625. The Bertz CT molecular complexity index is 797. The van der Waals surface area contributed by atoms with E-state index >= 15 is 0 Å². The van der Waals surface area contributed by atoms with Gasteiger partial charge in [-0.3, -0.25) is 0 Å². The zero-order valence-electron chi connectivity index (χ0n) is 11.4. The normalized spacial score (nSPS) is 10.1. The van der Waals surface area contributed by atoms with Crippen molar-refractivity contribution in [2.45, 2.75) is 6.92 Å². The van der Waals surface area contributed by atoms with Crippen LogP contribution in [-0.2, 0) is 4.79 Å². The van der Waals surface area contributed by atoms with Crippen molar-refractivity contribution in [1.82, 2.24) is 14.8 Å². The second-order valence-corrected chi connectivity index (χ2v) is 4.60. The maximum Gasteiger partial charge on any atom is 0.240 e. The molecule has 1 heterocycles. The summed E-state index contributed by atoms with van der Waals surface area (Å²) in [4.78, 5) is 18.0. The molecule has 0 saturated carbocycles. The third-order valence-electron chi connectivity index (χ3n) is 3.09. The van der Waals surface area contributed by atoms with Gasteiger partial charge in [-0.2, -0.15) is 4.99 Å². The summed E-state index contributed by atoms with van der Waals surface area (Å²) >= 11 is 0. The van der Waals surface area contributed by atoms with E-state index in [2.05, 4.69) is 15.1 Å². The lowest BCUT2D eigenvalue weighted by atomic mass is 10.2. The van der Waals surface area contributed by atoms with Crippen molar-refractivity contribution in [2.75, 3.05) is 0 Å². The molecule has 0 N–H and O–H groups in total. The molecule has 5 nitrogen and oxygen atoms in total. The van der Waals surface area contributed by atoms with E-state index in [4.69, 9.17) is 0 Å². The number of rotatable bonds is 3. The monoisotopic (exact) mass is 276 g/mol. The summed E-state index contributed by atoms with van der Waals surface area (Å²) in [7, 11) is 0. The van der Waals surface area contributed by atoms with Gasteiger partial charge in [-0.1, -0.05) is 17.7 Å². The highest BCUT2D eigenvalue weighted by molar-refractivity contribution is 5.59. The zero-order chi connectivity index (χ0) is 14.7. The number of aryl methyl sites for hydroxylation is 1. The SMILES string of the molecule is Cc1ccc(-n2cnc(-c3ccc(N=C=O)cc3)n2)cc1. The molecule has 1 aromatic heterocycles. The molecule has 0 aliphatic rings. The summed E-state index contributed by atoms with van der Waals surface area (Å²) in [6, 6.07) is 15.2. The van der Waals surface area contributed by atoms with Gasteiger partial charge in [0.2, 0.25) is 6.08 Å². The number of benzene rings is 2. The maximum atomic E-state index is 10.2. The zero-order valence-corrected chi connectivity index (χ0v) is 11.4. The molecular formula is C16H12N4O. The largest absolute Gasteiger partial charge is 0.240 e. The highest BCUT2D eigenvalue weighted by atomic mass is 16.1. The van der Waals surface area contributed by atoms with Crippen LogP contribution in [0.4, 0.5) is 5.69 Å². The molecule has 0 bridgehead atoms. The van der Waals surface area contributed by atoms with E-state index in [1.54, 1.807) is 23.1 Å². The highest BCUT2D eigenvalue weighted by Gasteiger charge is 2.05. The summed E-state index contributed by atoms with van der Waals surface area (Å²) in [5.74, 6) is 0.622. The van der Waals surface area contributed by atoms with Gasteiger partial charge in [-0.15, -0.1) is 5.10 Å². The maximum absolute atomic E-state index is 10.2. The van der Waals surface area contributed by atoms with Crippen LogP contribution in [-0.4, -0.2) is 20.8 Å². The minimum atomic E-state index is 0.562. The molecule has 21 heavy (non-hydrogen) atoms. The summed E-state index contributed by atoms with van der Waals surface area (Å²) in [5.41, 5.74) is 3.59. The van der Waals surface area contributed by atoms with Gasteiger partial charge in [0.15, 0.2) is 5.82 Å². The van der Waals surface area contributed by atoms with Gasteiger partial charge in [0.25, 0.3) is 0 Å². The van der Waals surface area contributed by atoms with E-state index in [9.17, 15) is 4.79 Å². The van der Waals surface area contributed by atoms with Crippen molar-refractivity contribution in [3.63, 3.8) is 0 Å². The molecule has 0 atom stereocenters. The second kappa shape index (κ2) is 5.53. The van der Waals surface area contributed by atoms with Crippen LogP contribution in [0.3, 0.4) is 0 Å². The third kappa shape index (κ3) is 2.78. The Morgan fingerprint density at radius 1 is 1.05 bits per heavy atom. The van der Waals surface area contributed by atoms with E-state index in [0.717, 1.165) is 11.3 Å². The van der Waals surface area contributed by atoms with Crippen LogP contribution in [0, 0.1) is 6.92 Å². The van der Waals surface area contributed by atoms with Crippen LogP contribution in [0.2, 0.25) is 0 Å². The molecule has 3 rings (SSSR count). The van der Waals surface area contributed by atoms with E-state index < -0.39 is 0 Å². The predicted octanol–water partition coefficient (Wildman–Crippen LogP) is 3.21. The molecule has 0 fully saturated rings. The van der Waals surface area contributed by atoms with Gasteiger partial charge in [0, 0.05) is 5.56 Å². The number of carbonyl (C=O) groups excluding carboxylic acids is 1. The molecule has 0 radical (unpaired) electrons. The Hall–Kier alpha value is -3.04. The molecule has 5 heteroatoms. The highest BCUT2D eigenvalue weighted by Crippen LogP contribution is 2.20. The quantitative estimate of drug-likeness (QED) is 0.545. The van der Waals surface area contributed by atoms with Crippen molar-refractivity contribution in [3.05, 3.63) is 60.4 Å². The molecule has 3 aromatic rings. The topological polar surface area (TPSA) is 60.1 Å². The third-order valence-corrected chi connectivity index (χ3v) is 3.09. The molecule has 0 unspecified atom stereocenters. The number of nitrogens with zero attached hydrogens (tertiary/aromatic N) is 4. The number of aliphatic imine (C=N–C) groups is 1. The van der Waals surface area contributed by atoms with E-state index in [-0.39, 0.29) is 0 Å². The summed E-state index contributed by atoms with van der Waals surface area (Å²) in [5, 5.41) is 4.45. The predicted molar refractivity (Wildman–Crippen MR) is 79.3 cm³/mol. The smallest absolute Gasteiger partial charge is 0.220 e. The lowest BCUT2D eigenvalue weighted by Gasteiger charge is -2.00. The van der Waals surface area contributed by atoms with Crippen LogP contribution in [0.15, 0.2) is 59.9 Å². The molecular weight excluding hydrogens is 264 g/mol. The van der Waals surface area contributed by atoms with Gasteiger partial charge in [-0.05, 0) is 43.3 Å². The Kier molecular flexibility index (Phi) is 3.41. The average molecular weight is 276 g/mol. The van der Waals surface area contributed by atoms with Crippen LogP contribution < -0.4 is 0 Å². The van der Waals surface area contributed by atoms with Crippen molar-refractivity contribution in [1.29, 1.82) is 0 Å². The van der Waals surface area contributed by atoms with E-state index in [1.165, 1.54) is 11.6 Å². The Labute approximate surface area is 121 Å².